The molecule has 0 aromatic heterocycles. The van der Waals surface area contributed by atoms with Gasteiger partial charge in [0.25, 0.3) is 0 Å². The quantitative estimate of drug-likeness (QED) is 0.705. The summed E-state index contributed by atoms with van der Waals surface area (Å²) in [6.07, 6.45) is 0. The number of carbonyl (C=O) groups excluding carboxylic acids is 1. The van der Waals surface area contributed by atoms with E-state index in [1.807, 2.05) is 31.2 Å². The van der Waals surface area contributed by atoms with Gasteiger partial charge >= 0.3 is 5.97 Å². The second-order valence-electron chi connectivity index (χ2n) is 3.65. The zero-order valence-electron chi connectivity index (χ0n) is 9.27. The molecule has 1 heterocycles. The molecule has 4 nitrogen and oxygen atoms in total. The third kappa shape index (κ3) is 2.05. The van der Waals surface area contributed by atoms with Gasteiger partial charge in [-0.05, 0) is 19.1 Å². The Morgan fingerprint density at radius 2 is 2.12 bits per heavy atom. The van der Waals surface area contributed by atoms with Gasteiger partial charge in [0.05, 0.1) is 7.11 Å². The molecular weight excluding hydrogens is 206 g/mol. The van der Waals surface area contributed by atoms with E-state index in [-0.39, 0.29) is 12.6 Å². The zero-order chi connectivity index (χ0) is 11.5. The zero-order valence-corrected chi connectivity index (χ0v) is 9.27. The highest BCUT2D eigenvalue weighted by Crippen LogP contribution is 2.13. The molecule has 0 aliphatic carbocycles. The minimum atomic E-state index is -0.527. The first-order chi connectivity index (χ1) is 7.70. The minimum Gasteiger partial charge on any atom is -0.475 e. The summed E-state index contributed by atoms with van der Waals surface area (Å²) < 4.78 is 9.98. The van der Waals surface area contributed by atoms with Crippen LogP contribution in [0.1, 0.15) is 11.1 Å². The molecule has 0 bridgehead atoms. The van der Waals surface area contributed by atoms with E-state index >= 15 is 0 Å². The van der Waals surface area contributed by atoms with E-state index in [1.165, 1.54) is 12.7 Å². The first-order valence-corrected chi connectivity index (χ1v) is 5.06. The number of hydrogen-bond donors (Lipinski definition) is 0. The van der Waals surface area contributed by atoms with Gasteiger partial charge in [-0.15, -0.1) is 0 Å². The number of carbonyl (C=O) groups is 1. The number of benzene rings is 1. The van der Waals surface area contributed by atoms with Crippen LogP contribution in [0.2, 0.25) is 0 Å². The van der Waals surface area contributed by atoms with Crippen LogP contribution in [0.3, 0.4) is 0 Å². The highest BCUT2D eigenvalue weighted by molar-refractivity contribution is 5.97. The van der Waals surface area contributed by atoms with E-state index in [0.717, 1.165) is 5.56 Å². The Morgan fingerprint density at radius 3 is 2.75 bits per heavy atom. The van der Waals surface area contributed by atoms with Gasteiger partial charge in [-0.3, -0.25) is 0 Å². The maximum atomic E-state index is 11.2. The van der Waals surface area contributed by atoms with Gasteiger partial charge in [0.2, 0.25) is 5.90 Å². The molecule has 0 spiro atoms. The molecule has 1 aromatic carbocycles. The molecule has 84 valence electrons. The second-order valence-corrected chi connectivity index (χ2v) is 3.65. The highest BCUT2D eigenvalue weighted by Gasteiger charge is 2.26. The first-order valence-electron chi connectivity index (χ1n) is 5.06. The van der Waals surface area contributed by atoms with Crippen molar-refractivity contribution in [2.45, 2.75) is 13.0 Å². The predicted molar refractivity (Wildman–Crippen MR) is 59.5 cm³/mol. The van der Waals surface area contributed by atoms with Crippen molar-refractivity contribution in [2.75, 3.05) is 13.7 Å². The molecule has 1 atom stereocenters. The molecule has 1 aliphatic rings. The molecule has 0 saturated carbocycles. The second kappa shape index (κ2) is 4.35. The summed E-state index contributed by atoms with van der Waals surface area (Å²) in [4.78, 5) is 15.4. The van der Waals surface area contributed by atoms with Gasteiger partial charge in [-0.25, -0.2) is 9.79 Å². The van der Waals surface area contributed by atoms with Gasteiger partial charge in [-0.2, -0.15) is 0 Å². The fraction of sp³-hybridized carbons (Fsp3) is 0.333. The average Bonchev–Trinajstić information content (AvgIpc) is 2.78. The summed E-state index contributed by atoms with van der Waals surface area (Å²) in [6.45, 7) is 2.27. The van der Waals surface area contributed by atoms with Crippen LogP contribution in [-0.4, -0.2) is 31.6 Å². The molecule has 0 unspecified atom stereocenters. The predicted octanol–water partition coefficient (Wildman–Crippen LogP) is 1.31. The number of aryl methyl sites for hydroxylation is 1. The molecule has 0 saturated heterocycles. The Kier molecular flexibility index (Phi) is 2.90. The largest absolute Gasteiger partial charge is 0.475 e. The van der Waals surface area contributed by atoms with E-state index in [9.17, 15) is 4.79 Å². The molecule has 0 fully saturated rings. The number of rotatable bonds is 2. The van der Waals surface area contributed by atoms with Crippen molar-refractivity contribution >= 4 is 11.9 Å². The van der Waals surface area contributed by atoms with E-state index < -0.39 is 6.04 Å². The molecule has 0 amide bonds. The summed E-state index contributed by atoms with van der Waals surface area (Å²) >= 11 is 0. The first kappa shape index (κ1) is 10.7. The Balaban J connectivity index is 2.17. The Bertz CT molecular complexity index is 422. The summed E-state index contributed by atoms with van der Waals surface area (Å²) in [6, 6.07) is 7.28. The lowest BCUT2D eigenvalue weighted by Crippen LogP contribution is -2.21. The number of ether oxygens (including phenoxy) is 2. The standard InChI is InChI=1S/C12H13NO3/c1-8-3-5-9(6-4-8)11-13-10(7-16-11)12(14)15-2/h3-6,10H,7H2,1-2H3/t10-/m0/s1. The summed E-state index contributed by atoms with van der Waals surface area (Å²) in [5.74, 6) is 0.150. The van der Waals surface area contributed by atoms with Crippen molar-refractivity contribution in [3.8, 4) is 0 Å². The molecular formula is C12H13NO3. The number of aliphatic imine (C=N–C) groups is 1. The topological polar surface area (TPSA) is 47.9 Å². The fourth-order valence-electron chi connectivity index (χ4n) is 1.48. The maximum Gasteiger partial charge on any atom is 0.334 e. The molecule has 1 aliphatic heterocycles. The third-order valence-electron chi connectivity index (χ3n) is 2.42. The molecule has 16 heavy (non-hydrogen) atoms. The van der Waals surface area contributed by atoms with E-state index in [1.54, 1.807) is 0 Å². The van der Waals surface area contributed by atoms with Crippen LogP contribution in [0.5, 0.6) is 0 Å². The monoisotopic (exact) mass is 219 g/mol. The average molecular weight is 219 g/mol. The summed E-state index contributed by atoms with van der Waals surface area (Å²) in [7, 11) is 1.35. The Labute approximate surface area is 93.9 Å². The minimum absolute atomic E-state index is 0.260. The van der Waals surface area contributed by atoms with Crippen molar-refractivity contribution in [3.63, 3.8) is 0 Å². The van der Waals surface area contributed by atoms with Crippen LogP contribution in [0, 0.1) is 6.92 Å². The molecule has 1 aromatic rings. The van der Waals surface area contributed by atoms with Crippen molar-refractivity contribution < 1.29 is 14.3 Å². The van der Waals surface area contributed by atoms with Crippen molar-refractivity contribution in [1.29, 1.82) is 0 Å². The fourth-order valence-corrected chi connectivity index (χ4v) is 1.48. The van der Waals surface area contributed by atoms with Crippen molar-refractivity contribution in [1.82, 2.24) is 0 Å². The van der Waals surface area contributed by atoms with Gasteiger partial charge in [0.1, 0.15) is 6.61 Å². The number of hydrogen-bond acceptors (Lipinski definition) is 4. The van der Waals surface area contributed by atoms with Gasteiger partial charge < -0.3 is 9.47 Å². The van der Waals surface area contributed by atoms with Crippen LogP contribution in [-0.2, 0) is 14.3 Å². The van der Waals surface area contributed by atoms with E-state index in [0.29, 0.717) is 5.90 Å². The van der Waals surface area contributed by atoms with Crippen LogP contribution < -0.4 is 0 Å². The van der Waals surface area contributed by atoms with Crippen LogP contribution >= 0.6 is 0 Å². The molecule has 2 rings (SSSR count). The molecule has 4 heteroatoms. The van der Waals surface area contributed by atoms with E-state index in [2.05, 4.69) is 9.73 Å². The summed E-state index contributed by atoms with van der Waals surface area (Å²) in [5.41, 5.74) is 2.06. The van der Waals surface area contributed by atoms with Crippen LogP contribution in [0.25, 0.3) is 0 Å². The lowest BCUT2D eigenvalue weighted by atomic mass is 10.1. The number of methoxy groups -OCH3 is 1. The van der Waals surface area contributed by atoms with E-state index in [4.69, 9.17) is 4.74 Å². The summed E-state index contributed by atoms with van der Waals surface area (Å²) in [5, 5.41) is 0. The Hall–Kier alpha value is -1.84. The van der Waals surface area contributed by atoms with Gasteiger partial charge in [0, 0.05) is 5.56 Å². The SMILES string of the molecule is COC(=O)[C@@H]1COC(c2ccc(C)cc2)=N1. The highest BCUT2D eigenvalue weighted by atomic mass is 16.5. The number of esters is 1. The van der Waals surface area contributed by atoms with Crippen molar-refractivity contribution in [2.24, 2.45) is 4.99 Å². The smallest absolute Gasteiger partial charge is 0.334 e. The molecule has 0 radical (unpaired) electrons. The van der Waals surface area contributed by atoms with Gasteiger partial charge in [0.15, 0.2) is 6.04 Å². The van der Waals surface area contributed by atoms with Gasteiger partial charge in [-0.1, -0.05) is 17.7 Å². The Morgan fingerprint density at radius 1 is 1.44 bits per heavy atom. The van der Waals surface area contributed by atoms with Crippen LogP contribution in [0.4, 0.5) is 0 Å². The maximum absolute atomic E-state index is 11.2. The third-order valence-corrected chi connectivity index (χ3v) is 2.42. The molecule has 0 N–H and O–H groups in total. The lowest BCUT2D eigenvalue weighted by Gasteiger charge is -2.01. The van der Waals surface area contributed by atoms with Crippen LogP contribution in [0.15, 0.2) is 29.3 Å². The lowest BCUT2D eigenvalue weighted by molar-refractivity contribution is -0.142. The normalized spacial score (nSPS) is 18.9. The van der Waals surface area contributed by atoms with Crippen molar-refractivity contribution in [3.05, 3.63) is 35.4 Å². The number of nitrogens with zero attached hydrogens (tertiary/aromatic N) is 1.